The van der Waals surface area contributed by atoms with Crippen LogP contribution < -0.4 is 16.2 Å². The molecule has 4 N–H and O–H groups in total. The average molecular weight is 183 g/mol. The minimum atomic E-state index is -0.592. The SMILES string of the molecule is COc1ccc([N+](=O)[O-])c(N)c1N. The monoisotopic (exact) mass is 183 g/mol. The standard InChI is InChI=1S/C7H9N3O3/c1-13-5-3-2-4(10(11)12)6(8)7(5)9/h2-3H,8-9H2,1H3. The largest absolute Gasteiger partial charge is 0.495 e. The molecule has 1 aromatic rings. The van der Waals surface area contributed by atoms with Gasteiger partial charge in [-0.1, -0.05) is 0 Å². The summed E-state index contributed by atoms with van der Waals surface area (Å²) in [5, 5.41) is 10.4. The van der Waals surface area contributed by atoms with Gasteiger partial charge in [0.05, 0.1) is 12.0 Å². The first-order chi connectivity index (χ1) is 6.07. The Labute approximate surface area is 74.2 Å². The van der Waals surface area contributed by atoms with Crippen LogP contribution in [0.15, 0.2) is 12.1 Å². The molecule has 1 rings (SSSR count). The second-order valence-electron chi connectivity index (χ2n) is 2.37. The van der Waals surface area contributed by atoms with Crippen molar-refractivity contribution < 1.29 is 9.66 Å². The molecule has 0 atom stereocenters. The number of nitrogen functional groups attached to an aromatic ring is 2. The summed E-state index contributed by atoms with van der Waals surface area (Å²) in [6, 6.07) is 2.66. The molecule has 0 aliphatic carbocycles. The van der Waals surface area contributed by atoms with Gasteiger partial charge in [-0.3, -0.25) is 10.1 Å². The Morgan fingerprint density at radius 1 is 1.38 bits per heavy atom. The zero-order valence-corrected chi connectivity index (χ0v) is 6.98. The predicted octanol–water partition coefficient (Wildman–Crippen LogP) is 0.768. The van der Waals surface area contributed by atoms with E-state index in [1.807, 2.05) is 0 Å². The maximum Gasteiger partial charge on any atom is 0.294 e. The van der Waals surface area contributed by atoms with Gasteiger partial charge in [-0.25, -0.2) is 0 Å². The van der Waals surface area contributed by atoms with Gasteiger partial charge in [0.1, 0.15) is 17.1 Å². The predicted molar refractivity (Wildman–Crippen MR) is 48.5 cm³/mol. The first kappa shape index (κ1) is 9.11. The van der Waals surface area contributed by atoms with Crippen molar-refractivity contribution in [2.24, 2.45) is 0 Å². The topological polar surface area (TPSA) is 104 Å². The van der Waals surface area contributed by atoms with Gasteiger partial charge in [-0.05, 0) is 6.07 Å². The van der Waals surface area contributed by atoms with Crippen molar-refractivity contribution in [3.8, 4) is 5.75 Å². The number of nitro groups is 1. The Bertz CT molecular complexity index is 351. The summed E-state index contributed by atoms with van der Waals surface area (Å²) < 4.78 is 4.83. The second-order valence-corrected chi connectivity index (χ2v) is 2.37. The van der Waals surface area contributed by atoms with E-state index in [0.29, 0.717) is 5.75 Å². The van der Waals surface area contributed by atoms with Crippen molar-refractivity contribution in [1.29, 1.82) is 0 Å². The van der Waals surface area contributed by atoms with Crippen molar-refractivity contribution in [3.63, 3.8) is 0 Å². The molecule has 0 amide bonds. The summed E-state index contributed by atoms with van der Waals surface area (Å²) in [5.74, 6) is 0.336. The van der Waals surface area contributed by atoms with E-state index in [1.165, 1.54) is 19.2 Å². The van der Waals surface area contributed by atoms with Crippen molar-refractivity contribution in [2.45, 2.75) is 0 Å². The van der Waals surface area contributed by atoms with Crippen LogP contribution in [0.5, 0.6) is 5.75 Å². The summed E-state index contributed by atoms with van der Waals surface area (Å²) in [5.41, 5.74) is 10.7. The first-order valence-electron chi connectivity index (χ1n) is 3.44. The van der Waals surface area contributed by atoms with Crippen LogP contribution >= 0.6 is 0 Å². The lowest BCUT2D eigenvalue weighted by Gasteiger charge is -2.06. The summed E-state index contributed by atoms with van der Waals surface area (Å²) in [6.45, 7) is 0. The maximum absolute atomic E-state index is 10.4. The molecule has 0 spiro atoms. The fourth-order valence-corrected chi connectivity index (χ4v) is 0.942. The first-order valence-corrected chi connectivity index (χ1v) is 3.44. The van der Waals surface area contributed by atoms with Crippen molar-refractivity contribution >= 4 is 17.1 Å². The van der Waals surface area contributed by atoms with E-state index < -0.39 is 4.92 Å². The number of benzene rings is 1. The minimum Gasteiger partial charge on any atom is -0.495 e. The van der Waals surface area contributed by atoms with E-state index in [1.54, 1.807) is 0 Å². The number of hydrogen-bond donors (Lipinski definition) is 2. The van der Waals surface area contributed by atoms with Crippen molar-refractivity contribution in [2.75, 3.05) is 18.6 Å². The van der Waals surface area contributed by atoms with Crippen LogP contribution in [0.1, 0.15) is 0 Å². The molecule has 0 fully saturated rings. The van der Waals surface area contributed by atoms with E-state index in [9.17, 15) is 10.1 Å². The third kappa shape index (κ3) is 1.46. The highest BCUT2D eigenvalue weighted by Crippen LogP contribution is 2.34. The van der Waals surface area contributed by atoms with Gasteiger partial charge in [0, 0.05) is 6.07 Å². The number of ether oxygens (including phenoxy) is 1. The molecule has 0 aliphatic heterocycles. The van der Waals surface area contributed by atoms with E-state index in [4.69, 9.17) is 16.2 Å². The lowest BCUT2D eigenvalue weighted by Crippen LogP contribution is -2.02. The minimum absolute atomic E-state index is 0.0654. The fraction of sp³-hybridized carbons (Fsp3) is 0.143. The van der Waals surface area contributed by atoms with E-state index in [2.05, 4.69) is 0 Å². The smallest absolute Gasteiger partial charge is 0.294 e. The highest BCUT2D eigenvalue weighted by molar-refractivity contribution is 5.79. The third-order valence-electron chi connectivity index (χ3n) is 1.64. The van der Waals surface area contributed by atoms with Gasteiger partial charge in [-0.2, -0.15) is 0 Å². The van der Waals surface area contributed by atoms with Crippen LogP contribution in [0.3, 0.4) is 0 Å². The number of nitro benzene ring substituents is 1. The molecule has 1 aromatic carbocycles. The van der Waals surface area contributed by atoms with Crippen LogP contribution in [0, 0.1) is 10.1 Å². The molecule has 0 heterocycles. The molecule has 6 heteroatoms. The third-order valence-corrected chi connectivity index (χ3v) is 1.64. The molecule has 0 aromatic heterocycles. The highest BCUT2D eigenvalue weighted by atomic mass is 16.6. The number of hydrogen-bond acceptors (Lipinski definition) is 5. The Hall–Kier alpha value is -1.98. The number of methoxy groups -OCH3 is 1. The lowest BCUT2D eigenvalue weighted by atomic mass is 10.2. The molecule has 6 nitrogen and oxygen atoms in total. The van der Waals surface area contributed by atoms with Crippen LogP contribution in [-0.4, -0.2) is 12.0 Å². The summed E-state index contributed by atoms with van der Waals surface area (Å²) >= 11 is 0. The average Bonchev–Trinajstić information content (AvgIpc) is 2.09. The Morgan fingerprint density at radius 3 is 2.46 bits per heavy atom. The molecule has 0 unspecified atom stereocenters. The molecule has 0 aliphatic rings. The van der Waals surface area contributed by atoms with E-state index >= 15 is 0 Å². The Balaban J connectivity index is 3.31. The molecule has 70 valence electrons. The molecule has 0 radical (unpaired) electrons. The second kappa shape index (κ2) is 3.18. The van der Waals surface area contributed by atoms with Crippen molar-refractivity contribution in [1.82, 2.24) is 0 Å². The highest BCUT2D eigenvalue weighted by Gasteiger charge is 2.16. The quantitative estimate of drug-likeness (QED) is 0.400. The normalized spacial score (nSPS) is 9.62. The zero-order valence-electron chi connectivity index (χ0n) is 6.98. The Morgan fingerprint density at radius 2 is 2.00 bits per heavy atom. The van der Waals surface area contributed by atoms with Crippen molar-refractivity contribution in [3.05, 3.63) is 22.2 Å². The van der Waals surface area contributed by atoms with E-state index in [0.717, 1.165) is 0 Å². The maximum atomic E-state index is 10.4. The van der Waals surface area contributed by atoms with Crippen LogP contribution in [-0.2, 0) is 0 Å². The van der Waals surface area contributed by atoms with Gasteiger partial charge in [0.2, 0.25) is 0 Å². The Kier molecular flexibility index (Phi) is 2.23. The number of anilines is 2. The lowest BCUT2D eigenvalue weighted by molar-refractivity contribution is -0.383. The fourth-order valence-electron chi connectivity index (χ4n) is 0.942. The molecule has 0 bridgehead atoms. The van der Waals surface area contributed by atoms with Gasteiger partial charge in [0.25, 0.3) is 5.69 Å². The summed E-state index contributed by atoms with van der Waals surface area (Å²) in [7, 11) is 1.41. The molecular formula is C7H9N3O3. The van der Waals surface area contributed by atoms with Crippen LogP contribution in [0.25, 0.3) is 0 Å². The van der Waals surface area contributed by atoms with Gasteiger partial charge < -0.3 is 16.2 Å². The molecular weight excluding hydrogens is 174 g/mol. The van der Waals surface area contributed by atoms with Gasteiger partial charge in [0.15, 0.2) is 0 Å². The van der Waals surface area contributed by atoms with E-state index in [-0.39, 0.29) is 17.1 Å². The summed E-state index contributed by atoms with van der Waals surface area (Å²) in [4.78, 5) is 9.81. The molecule has 0 saturated heterocycles. The number of nitrogens with two attached hydrogens (primary N) is 2. The number of rotatable bonds is 2. The van der Waals surface area contributed by atoms with Gasteiger partial charge >= 0.3 is 0 Å². The van der Waals surface area contributed by atoms with Crippen LogP contribution in [0.4, 0.5) is 17.1 Å². The number of nitrogens with zero attached hydrogens (tertiary/aromatic N) is 1. The molecule has 13 heavy (non-hydrogen) atoms. The molecule has 0 saturated carbocycles. The van der Waals surface area contributed by atoms with Crippen LogP contribution in [0.2, 0.25) is 0 Å². The van der Waals surface area contributed by atoms with Gasteiger partial charge in [-0.15, -0.1) is 0 Å². The summed E-state index contributed by atoms with van der Waals surface area (Å²) in [6.07, 6.45) is 0. The zero-order chi connectivity index (χ0) is 10.0.